The van der Waals surface area contributed by atoms with Gasteiger partial charge in [0.2, 0.25) is 0 Å². The number of ketones is 1. The molecule has 0 aliphatic carbocycles. The topological polar surface area (TPSA) is 30.0 Å². The van der Waals surface area contributed by atoms with Crippen molar-refractivity contribution in [2.45, 2.75) is 13.3 Å². The zero-order chi connectivity index (χ0) is 14.1. The molecule has 0 atom stereocenters. The first kappa shape index (κ1) is 13.3. The van der Waals surface area contributed by atoms with Crippen LogP contribution < -0.4 is 0 Å². The lowest BCUT2D eigenvalue weighted by molar-refractivity contribution is -0.116. The summed E-state index contributed by atoms with van der Waals surface area (Å²) >= 11 is 7.90. The van der Waals surface area contributed by atoms with Crippen LogP contribution in [0.1, 0.15) is 11.9 Å². The van der Waals surface area contributed by atoms with Crippen LogP contribution in [-0.4, -0.2) is 10.8 Å². The molecule has 0 saturated heterocycles. The second-order valence-electron chi connectivity index (χ2n) is 4.65. The molecule has 0 aliphatic rings. The lowest BCUT2D eigenvalue weighted by Gasteiger charge is -2.04. The highest BCUT2D eigenvalue weighted by Gasteiger charge is 2.10. The quantitative estimate of drug-likeness (QED) is 0.699. The third kappa shape index (κ3) is 2.60. The Morgan fingerprint density at radius 1 is 1.25 bits per heavy atom. The van der Waals surface area contributed by atoms with Gasteiger partial charge in [-0.25, -0.2) is 4.98 Å². The number of fused-ring (bicyclic) bond motifs is 1. The predicted octanol–water partition coefficient (Wildman–Crippen LogP) is 4.75. The van der Waals surface area contributed by atoms with Gasteiger partial charge in [-0.15, -0.1) is 11.3 Å². The van der Waals surface area contributed by atoms with Crippen LogP contribution in [0.5, 0.6) is 0 Å². The lowest BCUT2D eigenvalue weighted by atomic mass is 10.1. The van der Waals surface area contributed by atoms with Crippen LogP contribution in [0.2, 0.25) is 5.02 Å². The first-order valence-corrected chi connectivity index (χ1v) is 7.47. The van der Waals surface area contributed by atoms with Crippen LogP contribution in [0.3, 0.4) is 0 Å². The third-order valence-corrected chi connectivity index (χ3v) is 4.34. The molecule has 4 heteroatoms. The fraction of sp³-hybridized carbons (Fsp3) is 0.125. The predicted molar refractivity (Wildman–Crippen MR) is 84.5 cm³/mol. The largest absolute Gasteiger partial charge is 0.300 e. The number of halogens is 1. The SMILES string of the molecule is CC(=O)Cc1nc2cc(Cl)c(-c3ccccc3)cc2s1. The highest BCUT2D eigenvalue weighted by atomic mass is 35.5. The van der Waals surface area contributed by atoms with E-state index in [9.17, 15) is 4.79 Å². The number of aromatic nitrogens is 1. The summed E-state index contributed by atoms with van der Waals surface area (Å²) in [5.74, 6) is 0.124. The van der Waals surface area contributed by atoms with Crippen LogP contribution in [0.15, 0.2) is 42.5 Å². The maximum absolute atomic E-state index is 11.2. The van der Waals surface area contributed by atoms with Crippen molar-refractivity contribution in [1.29, 1.82) is 0 Å². The maximum Gasteiger partial charge on any atom is 0.136 e. The zero-order valence-corrected chi connectivity index (χ0v) is 12.5. The minimum atomic E-state index is 0.124. The third-order valence-electron chi connectivity index (χ3n) is 3.01. The van der Waals surface area contributed by atoms with E-state index in [0.717, 1.165) is 26.4 Å². The Bertz CT molecular complexity index is 780. The Morgan fingerprint density at radius 3 is 2.70 bits per heavy atom. The lowest BCUT2D eigenvalue weighted by Crippen LogP contribution is -1.94. The van der Waals surface area contributed by atoms with Crippen molar-refractivity contribution in [1.82, 2.24) is 4.98 Å². The summed E-state index contributed by atoms with van der Waals surface area (Å²) in [6, 6.07) is 13.9. The normalized spacial score (nSPS) is 10.9. The molecule has 0 bridgehead atoms. The van der Waals surface area contributed by atoms with Crippen molar-refractivity contribution in [3.8, 4) is 11.1 Å². The second-order valence-corrected chi connectivity index (χ2v) is 6.17. The molecule has 0 unspecified atom stereocenters. The molecule has 1 heterocycles. The minimum absolute atomic E-state index is 0.124. The molecule has 0 radical (unpaired) electrons. The summed E-state index contributed by atoms with van der Waals surface area (Å²) in [6.07, 6.45) is 0.387. The average molecular weight is 302 g/mol. The van der Waals surface area contributed by atoms with Crippen LogP contribution >= 0.6 is 22.9 Å². The van der Waals surface area contributed by atoms with Gasteiger partial charge in [0, 0.05) is 5.56 Å². The first-order chi connectivity index (χ1) is 9.63. The molecule has 0 spiro atoms. The van der Waals surface area contributed by atoms with Gasteiger partial charge in [-0.2, -0.15) is 0 Å². The smallest absolute Gasteiger partial charge is 0.136 e. The van der Waals surface area contributed by atoms with E-state index in [2.05, 4.69) is 4.98 Å². The van der Waals surface area contributed by atoms with Gasteiger partial charge in [0.1, 0.15) is 10.8 Å². The molecule has 0 N–H and O–H groups in total. The van der Waals surface area contributed by atoms with Crippen molar-refractivity contribution in [3.63, 3.8) is 0 Å². The van der Waals surface area contributed by atoms with Gasteiger partial charge >= 0.3 is 0 Å². The number of thiazole rings is 1. The Morgan fingerprint density at radius 2 is 2.00 bits per heavy atom. The van der Waals surface area contributed by atoms with E-state index in [1.54, 1.807) is 18.3 Å². The molecule has 1 aromatic heterocycles. The summed E-state index contributed by atoms with van der Waals surface area (Å²) in [7, 11) is 0. The first-order valence-electron chi connectivity index (χ1n) is 6.27. The van der Waals surface area contributed by atoms with Gasteiger partial charge in [-0.3, -0.25) is 4.79 Å². The van der Waals surface area contributed by atoms with E-state index >= 15 is 0 Å². The van der Waals surface area contributed by atoms with Gasteiger partial charge < -0.3 is 0 Å². The van der Waals surface area contributed by atoms with Gasteiger partial charge in [0.25, 0.3) is 0 Å². The fourth-order valence-electron chi connectivity index (χ4n) is 2.12. The standard InChI is InChI=1S/C16H12ClNOS/c1-10(19)7-16-18-14-9-13(17)12(8-15(14)20-16)11-5-3-2-4-6-11/h2-6,8-9H,7H2,1H3. The number of hydrogen-bond donors (Lipinski definition) is 0. The summed E-state index contributed by atoms with van der Waals surface area (Å²) in [5, 5.41) is 1.53. The molecule has 100 valence electrons. The van der Waals surface area contributed by atoms with Crippen LogP contribution in [0.25, 0.3) is 21.3 Å². The average Bonchev–Trinajstić information content (AvgIpc) is 2.79. The number of carbonyl (C=O) groups is 1. The highest BCUT2D eigenvalue weighted by molar-refractivity contribution is 7.18. The van der Waals surface area contributed by atoms with Crippen LogP contribution in [0, 0.1) is 0 Å². The summed E-state index contributed by atoms with van der Waals surface area (Å²) < 4.78 is 1.06. The summed E-state index contributed by atoms with van der Waals surface area (Å²) in [6.45, 7) is 1.58. The minimum Gasteiger partial charge on any atom is -0.300 e. The molecule has 2 nitrogen and oxygen atoms in total. The second kappa shape index (κ2) is 5.35. The number of benzene rings is 2. The molecule has 0 amide bonds. The molecule has 20 heavy (non-hydrogen) atoms. The number of carbonyl (C=O) groups excluding carboxylic acids is 1. The van der Waals surface area contributed by atoms with E-state index in [1.165, 1.54) is 0 Å². The zero-order valence-electron chi connectivity index (χ0n) is 10.9. The maximum atomic E-state index is 11.2. The van der Waals surface area contributed by atoms with Crippen LogP contribution in [-0.2, 0) is 11.2 Å². The van der Waals surface area contributed by atoms with Crippen molar-refractivity contribution in [2.24, 2.45) is 0 Å². The molecule has 0 saturated carbocycles. The van der Waals surface area contributed by atoms with Gasteiger partial charge in [-0.1, -0.05) is 41.9 Å². The van der Waals surface area contributed by atoms with Gasteiger partial charge in [-0.05, 0) is 24.6 Å². The van der Waals surface area contributed by atoms with E-state index in [-0.39, 0.29) is 5.78 Å². The van der Waals surface area contributed by atoms with Crippen molar-refractivity contribution < 1.29 is 4.79 Å². The Kier molecular flexibility index (Phi) is 3.55. The molecule has 3 rings (SSSR count). The van der Waals surface area contributed by atoms with E-state index in [4.69, 9.17) is 11.6 Å². The summed E-state index contributed by atoms with van der Waals surface area (Å²) in [4.78, 5) is 15.6. The van der Waals surface area contributed by atoms with E-state index in [1.807, 2.05) is 42.5 Å². The van der Waals surface area contributed by atoms with Gasteiger partial charge in [0.05, 0.1) is 21.7 Å². The van der Waals surface area contributed by atoms with Gasteiger partial charge in [0.15, 0.2) is 0 Å². The Balaban J connectivity index is 2.11. The molecular weight excluding hydrogens is 290 g/mol. The number of Topliss-reactive ketones (excluding diaryl/α,β-unsaturated/α-hetero) is 1. The van der Waals surface area contributed by atoms with Crippen molar-refractivity contribution >= 4 is 38.9 Å². The number of hydrogen-bond acceptors (Lipinski definition) is 3. The van der Waals surface area contributed by atoms with Crippen molar-refractivity contribution in [2.75, 3.05) is 0 Å². The highest BCUT2D eigenvalue weighted by Crippen LogP contribution is 2.34. The Labute approximate surface area is 126 Å². The molecule has 0 fully saturated rings. The molecule has 0 aliphatic heterocycles. The molecule has 2 aromatic carbocycles. The van der Waals surface area contributed by atoms with E-state index < -0.39 is 0 Å². The number of nitrogens with zero attached hydrogens (tertiary/aromatic N) is 1. The van der Waals surface area contributed by atoms with Crippen molar-refractivity contribution in [3.05, 3.63) is 52.5 Å². The molecule has 3 aromatic rings. The Hall–Kier alpha value is -1.71. The van der Waals surface area contributed by atoms with Crippen LogP contribution in [0.4, 0.5) is 0 Å². The molecular formula is C16H12ClNOS. The summed E-state index contributed by atoms with van der Waals surface area (Å²) in [5.41, 5.74) is 2.94. The number of rotatable bonds is 3. The monoisotopic (exact) mass is 301 g/mol. The van der Waals surface area contributed by atoms with E-state index in [0.29, 0.717) is 11.4 Å². The fourth-order valence-corrected chi connectivity index (χ4v) is 3.45.